The highest BCUT2D eigenvalue weighted by Gasteiger charge is 2.20. The molecule has 1 heterocycles. The number of rotatable bonds is 10. The number of carbonyl (C=O) groups is 1. The molecule has 0 saturated carbocycles. The van der Waals surface area contributed by atoms with Crippen LogP contribution >= 0.6 is 35.3 Å². The number of hydrogen-bond acceptors (Lipinski definition) is 6. The third-order valence-corrected chi connectivity index (χ3v) is 5.69. The number of carbonyl (C=O) groups excluding carboxylic acids is 1. The van der Waals surface area contributed by atoms with Gasteiger partial charge in [-0.15, -0.1) is 35.3 Å². The Bertz CT molecular complexity index is 840. The number of benzene rings is 1. The fourth-order valence-electron chi connectivity index (χ4n) is 2.71. The van der Waals surface area contributed by atoms with Gasteiger partial charge >= 0.3 is 5.97 Å². The first-order valence-corrected chi connectivity index (χ1v) is 11.1. The molecule has 1 aromatic carbocycles. The Labute approximate surface area is 206 Å². The van der Waals surface area contributed by atoms with Gasteiger partial charge in [0.05, 0.1) is 24.9 Å². The van der Waals surface area contributed by atoms with Crippen LogP contribution in [-0.4, -0.2) is 43.7 Å². The van der Waals surface area contributed by atoms with E-state index in [-0.39, 0.29) is 36.0 Å². The number of nitrogens with zero attached hydrogens (tertiary/aromatic N) is 2. The Hall–Kier alpha value is -1.88. The molecule has 0 aliphatic heterocycles. The van der Waals surface area contributed by atoms with Gasteiger partial charge in [-0.2, -0.15) is 0 Å². The van der Waals surface area contributed by atoms with Crippen LogP contribution < -0.4 is 15.4 Å². The van der Waals surface area contributed by atoms with E-state index in [0.717, 1.165) is 30.1 Å². The lowest BCUT2D eigenvalue weighted by Gasteiger charge is -2.16. The minimum Gasteiger partial charge on any atom is -0.494 e. The van der Waals surface area contributed by atoms with Crippen LogP contribution in [0.15, 0.2) is 29.3 Å². The van der Waals surface area contributed by atoms with Crippen LogP contribution in [0.4, 0.5) is 0 Å². The third-order valence-electron chi connectivity index (χ3n) is 4.37. The number of unbranched alkanes of at least 4 members (excludes halogenated alkanes) is 1. The van der Waals surface area contributed by atoms with Gasteiger partial charge in [-0.05, 0) is 52.7 Å². The Balaban J connectivity index is 0.00000480. The van der Waals surface area contributed by atoms with Crippen molar-refractivity contribution in [1.29, 1.82) is 0 Å². The standard InChI is InChI=1S/C22H32N4O3S.HI/c1-6-28-21(27)19-16(3)25-20(30-19)17(4)26-22(23-5)24-13-7-8-14-29-18-11-9-15(2)10-12-18;/h9-12,17H,6-8,13-14H2,1-5H3,(H2,23,24,26);1H. The van der Waals surface area contributed by atoms with Gasteiger partial charge in [0.2, 0.25) is 0 Å². The SMILES string of the molecule is CCOC(=O)c1sc(C(C)NC(=NC)NCCCCOc2ccc(C)cc2)nc1C.I. The van der Waals surface area contributed by atoms with Crippen molar-refractivity contribution in [3.63, 3.8) is 0 Å². The van der Waals surface area contributed by atoms with E-state index >= 15 is 0 Å². The highest BCUT2D eigenvalue weighted by atomic mass is 127. The third kappa shape index (κ3) is 9.02. The van der Waals surface area contributed by atoms with Gasteiger partial charge in [-0.1, -0.05) is 17.7 Å². The van der Waals surface area contributed by atoms with E-state index in [2.05, 4.69) is 27.5 Å². The number of ether oxygens (including phenoxy) is 2. The highest BCUT2D eigenvalue weighted by molar-refractivity contribution is 14.0. The maximum absolute atomic E-state index is 12.0. The van der Waals surface area contributed by atoms with Crippen LogP contribution in [0.1, 0.15) is 58.7 Å². The van der Waals surface area contributed by atoms with Crippen molar-refractivity contribution < 1.29 is 14.3 Å². The molecule has 0 amide bonds. The Morgan fingerprint density at radius 2 is 1.94 bits per heavy atom. The van der Waals surface area contributed by atoms with Crippen molar-refractivity contribution in [2.24, 2.45) is 4.99 Å². The lowest BCUT2D eigenvalue weighted by molar-refractivity contribution is 0.0531. The molecule has 0 fully saturated rings. The molecule has 9 heteroatoms. The zero-order chi connectivity index (χ0) is 21.9. The Morgan fingerprint density at radius 3 is 2.58 bits per heavy atom. The lowest BCUT2D eigenvalue weighted by Crippen LogP contribution is -2.39. The largest absolute Gasteiger partial charge is 0.494 e. The van der Waals surface area contributed by atoms with Crippen molar-refractivity contribution in [1.82, 2.24) is 15.6 Å². The zero-order valence-corrected chi connectivity index (χ0v) is 22.0. The van der Waals surface area contributed by atoms with Crippen LogP contribution in [0.25, 0.3) is 0 Å². The summed E-state index contributed by atoms with van der Waals surface area (Å²) in [6, 6.07) is 8.01. The minimum absolute atomic E-state index is 0. The number of halogens is 1. The van der Waals surface area contributed by atoms with Gasteiger partial charge in [0, 0.05) is 13.6 Å². The molecule has 0 aliphatic rings. The molecule has 1 atom stereocenters. The van der Waals surface area contributed by atoms with Crippen molar-refractivity contribution in [2.75, 3.05) is 26.8 Å². The maximum atomic E-state index is 12.0. The number of hydrogen-bond donors (Lipinski definition) is 2. The number of esters is 1. The van der Waals surface area contributed by atoms with Crippen LogP contribution in [0.5, 0.6) is 5.75 Å². The van der Waals surface area contributed by atoms with E-state index in [9.17, 15) is 4.79 Å². The molecule has 2 aromatic rings. The second kappa shape index (κ2) is 14.2. The number of aryl methyl sites for hydroxylation is 2. The molecule has 172 valence electrons. The Morgan fingerprint density at radius 1 is 1.23 bits per heavy atom. The smallest absolute Gasteiger partial charge is 0.350 e. The summed E-state index contributed by atoms with van der Waals surface area (Å²) < 4.78 is 10.8. The second-order valence-electron chi connectivity index (χ2n) is 6.92. The van der Waals surface area contributed by atoms with Crippen LogP contribution in [0.3, 0.4) is 0 Å². The first-order chi connectivity index (χ1) is 14.4. The summed E-state index contributed by atoms with van der Waals surface area (Å²) in [4.78, 5) is 21.3. The summed E-state index contributed by atoms with van der Waals surface area (Å²) in [6.45, 7) is 9.50. The molecule has 7 nitrogen and oxygen atoms in total. The number of aromatic nitrogens is 1. The van der Waals surface area contributed by atoms with E-state index in [1.807, 2.05) is 38.1 Å². The molecule has 0 spiro atoms. The number of guanidine groups is 1. The monoisotopic (exact) mass is 560 g/mol. The number of aliphatic imine (C=N–C) groups is 1. The first kappa shape index (κ1) is 27.2. The molecule has 0 saturated heterocycles. The zero-order valence-electron chi connectivity index (χ0n) is 18.9. The van der Waals surface area contributed by atoms with Gasteiger partial charge in [0.25, 0.3) is 0 Å². The van der Waals surface area contributed by atoms with Crippen LogP contribution in [-0.2, 0) is 4.74 Å². The summed E-state index contributed by atoms with van der Waals surface area (Å²) in [6.07, 6.45) is 1.91. The predicted molar refractivity (Wildman–Crippen MR) is 137 cm³/mol. The van der Waals surface area contributed by atoms with Gasteiger partial charge in [-0.25, -0.2) is 9.78 Å². The summed E-state index contributed by atoms with van der Waals surface area (Å²) in [5.74, 6) is 1.29. The van der Waals surface area contributed by atoms with Crippen LogP contribution in [0.2, 0.25) is 0 Å². The van der Waals surface area contributed by atoms with Crippen molar-refractivity contribution in [3.05, 3.63) is 45.4 Å². The predicted octanol–water partition coefficient (Wildman–Crippen LogP) is 4.64. The number of thiazole rings is 1. The summed E-state index contributed by atoms with van der Waals surface area (Å²) in [7, 11) is 1.74. The number of nitrogens with one attached hydrogen (secondary N) is 2. The van der Waals surface area contributed by atoms with E-state index in [4.69, 9.17) is 9.47 Å². The van der Waals surface area contributed by atoms with E-state index in [0.29, 0.717) is 29.7 Å². The minimum atomic E-state index is -0.318. The molecular formula is C22H33IN4O3S. The maximum Gasteiger partial charge on any atom is 0.350 e. The molecule has 0 aliphatic carbocycles. The molecule has 31 heavy (non-hydrogen) atoms. The normalized spacial score (nSPS) is 12.0. The fourth-order valence-corrected chi connectivity index (χ4v) is 3.67. The van der Waals surface area contributed by atoms with Crippen LogP contribution in [0, 0.1) is 13.8 Å². The van der Waals surface area contributed by atoms with Crippen molar-refractivity contribution in [3.8, 4) is 5.75 Å². The summed E-state index contributed by atoms with van der Waals surface area (Å²) in [5.41, 5.74) is 1.92. The summed E-state index contributed by atoms with van der Waals surface area (Å²) in [5, 5.41) is 7.45. The molecule has 1 aromatic heterocycles. The van der Waals surface area contributed by atoms with Crippen molar-refractivity contribution >= 4 is 47.2 Å². The second-order valence-corrected chi connectivity index (χ2v) is 7.95. The average molecular weight is 561 g/mol. The molecule has 0 radical (unpaired) electrons. The Kier molecular flexibility index (Phi) is 12.5. The van der Waals surface area contributed by atoms with Gasteiger partial charge in [-0.3, -0.25) is 4.99 Å². The van der Waals surface area contributed by atoms with E-state index < -0.39 is 0 Å². The first-order valence-electron chi connectivity index (χ1n) is 10.3. The average Bonchev–Trinajstić information content (AvgIpc) is 3.13. The van der Waals surface area contributed by atoms with E-state index in [1.165, 1.54) is 16.9 Å². The molecule has 2 N–H and O–H groups in total. The topological polar surface area (TPSA) is 84.8 Å². The highest BCUT2D eigenvalue weighted by Crippen LogP contribution is 2.24. The molecule has 2 rings (SSSR count). The molecule has 0 bridgehead atoms. The van der Waals surface area contributed by atoms with Crippen molar-refractivity contribution in [2.45, 2.75) is 46.6 Å². The van der Waals surface area contributed by atoms with Gasteiger partial charge < -0.3 is 20.1 Å². The molecule has 1 unspecified atom stereocenters. The lowest BCUT2D eigenvalue weighted by atomic mass is 10.2. The quantitative estimate of drug-likeness (QED) is 0.145. The fraction of sp³-hybridized carbons (Fsp3) is 0.500. The van der Waals surface area contributed by atoms with E-state index in [1.54, 1.807) is 14.0 Å². The molecular weight excluding hydrogens is 527 g/mol. The summed E-state index contributed by atoms with van der Waals surface area (Å²) >= 11 is 1.35. The van der Waals surface area contributed by atoms with Gasteiger partial charge in [0.1, 0.15) is 15.6 Å². The van der Waals surface area contributed by atoms with Gasteiger partial charge in [0.15, 0.2) is 5.96 Å².